The standard InChI is InChI=1S/C14H27NO2/c1-4-6-8-9-10-15-14(16)12-13(3)17-11-7-5-2/h12H,4-11H2,1-3H3,(H,15,16)/b13-12+. The molecule has 0 saturated heterocycles. The van der Waals surface area contributed by atoms with Crippen LogP contribution in [0.5, 0.6) is 0 Å². The van der Waals surface area contributed by atoms with E-state index >= 15 is 0 Å². The summed E-state index contributed by atoms with van der Waals surface area (Å²) >= 11 is 0. The minimum absolute atomic E-state index is 0.0458. The Labute approximate surface area is 106 Å². The molecule has 0 aromatic rings. The summed E-state index contributed by atoms with van der Waals surface area (Å²) in [6, 6.07) is 0. The summed E-state index contributed by atoms with van der Waals surface area (Å²) in [6.07, 6.45) is 8.38. The van der Waals surface area contributed by atoms with Crippen LogP contribution in [0.25, 0.3) is 0 Å². The summed E-state index contributed by atoms with van der Waals surface area (Å²) in [4.78, 5) is 11.5. The van der Waals surface area contributed by atoms with Crippen molar-refractivity contribution in [2.75, 3.05) is 13.2 Å². The van der Waals surface area contributed by atoms with Crippen molar-refractivity contribution in [2.45, 2.75) is 59.3 Å². The van der Waals surface area contributed by atoms with Gasteiger partial charge in [-0.2, -0.15) is 0 Å². The minimum atomic E-state index is -0.0458. The van der Waals surface area contributed by atoms with Gasteiger partial charge in [0.15, 0.2) is 0 Å². The maximum Gasteiger partial charge on any atom is 0.247 e. The van der Waals surface area contributed by atoms with E-state index in [0.29, 0.717) is 12.4 Å². The number of nitrogens with one attached hydrogen (secondary N) is 1. The van der Waals surface area contributed by atoms with E-state index in [1.807, 2.05) is 6.92 Å². The molecule has 0 aromatic heterocycles. The van der Waals surface area contributed by atoms with Gasteiger partial charge in [-0.25, -0.2) is 0 Å². The first-order valence-electron chi connectivity index (χ1n) is 6.79. The third-order valence-electron chi connectivity index (χ3n) is 2.49. The van der Waals surface area contributed by atoms with Crippen molar-refractivity contribution in [1.82, 2.24) is 5.32 Å². The van der Waals surface area contributed by atoms with Crippen LogP contribution in [0.3, 0.4) is 0 Å². The molecular formula is C14H27NO2. The largest absolute Gasteiger partial charge is 0.498 e. The van der Waals surface area contributed by atoms with Gasteiger partial charge in [0.25, 0.3) is 0 Å². The number of hydrogen-bond acceptors (Lipinski definition) is 2. The molecule has 0 rings (SSSR count). The Morgan fingerprint density at radius 1 is 1.12 bits per heavy atom. The van der Waals surface area contributed by atoms with Crippen LogP contribution < -0.4 is 5.32 Å². The van der Waals surface area contributed by atoms with E-state index in [-0.39, 0.29) is 5.91 Å². The Hall–Kier alpha value is -0.990. The Morgan fingerprint density at radius 2 is 1.82 bits per heavy atom. The lowest BCUT2D eigenvalue weighted by molar-refractivity contribution is -0.116. The van der Waals surface area contributed by atoms with Gasteiger partial charge in [0.05, 0.1) is 12.4 Å². The lowest BCUT2D eigenvalue weighted by Crippen LogP contribution is -2.22. The fraction of sp³-hybridized carbons (Fsp3) is 0.786. The second kappa shape index (κ2) is 11.5. The predicted octanol–water partition coefficient (Wildman–Crippen LogP) is 3.40. The third-order valence-corrected chi connectivity index (χ3v) is 2.49. The van der Waals surface area contributed by atoms with Crippen LogP contribution in [0.15, 0.2) is 11.8 Å². The average molecular weight is 241 g/mol. The van der Waals surface area contributed by atoms with Crippen molar-refractivity contribution >= 4 is 5.91 Å². The summed E-state index contributed by atoms with van der Waals surface area (Å²) < 4.78 is 5.40. The molecule has 0 heterocycles. The average Bonchev–Trinajstić information content (AvgIpc) is 2.29. The van der Waals surface area contributed by atoms with Crippen molar-refractivity contribution in [2.24, 2.45) is 0 Å². The molecule has 0 aliphatic heterocycles. The molecule has 0 aliphatic carbocycles. The molecule has 3 nitrogen and oxygen atoms in total. The van der Waals surface area contributed by atoms with Crippen LogP contribution in [0.1, 0.15) is 59.3 Å². The molecule has 3 heteroatoms. The van der Waals surface area contributed by atoms with Gasteiger partial charge in [-0.15, -0.1) is 0 Å². The maximum atomic E-state index is 11.5. The number of unbranched alkanes of at least 4 members (excludes halogenated alkanes) is 4. The molecule has 17 heavy (non-hydrogen) atoms. The Balaban J connectivity index is 3.57. The summed E-state index contributed by atoms with van der Waals surface area (Å²) in [5, 5.41) is 2.87. The second-order valence-corrected chi connectivity index (χ2v) is 4.31. The summed E-state index contributed by atoms with van der Waals surface area (Å²) in [5.74, 6) is 0.653. The zero-order valence-electron chi connectivity index (χ0n) is 11.6. The Bertz CT molecular complexity index is 224. The molecule has 0 radical (unpaired) electrons. The molecule has 0 fully saturated rings. The second-order valence-electron chi connectivity index (χ2n) is 4.31. The first kappa shape index (κ1) is 16.0. The van der Waals surface area contributed by atoms with E-state index < -0.39 is 0 Å². The van der Waals surface area contributed by atoms with E-state index in [0.717, 1.165) is 25.8 Å². The molecule has 0 saturated carbocycles. The van der Waals surface area contributed by atoms with E-state index in [9.17, 15) is 4.79 Å². The normalized spacial score (nSPS) is 11.4. The molecule has 0 spiro atoms. The Morgan fingerprint density at radius 3 is 2.47 bits per heavy atom. The topological polar surface area (TPSA) is 38.3 Å². The summed E-state index contributed by atoms with van der Waals surface area (Å²) in [6.45, 7) is 7.58. The van der Waals surface area contributed by atoms with Gasteiger partial charge in [-0.3, -0.25) is 4.79 Å². The zero-order valence-corrected chi connectivity index (χ0v) is 11.6. The van der Waals surface area contributed by atoms with Crippen molar-refractivity contribution in [3.05, 3.63) is 11.8 Å². The van der Waals surface area contributed by atoms with Gasteiger partial charge in [-0.05, 0) is 19.8 Å². The van der Waals surface area contributed by atoms with E-state index in [1.54, 1.807) is 0 Å². The van der Waals surface area contributed by atoms with Crippen molar-refractivity contribution in [3.63, 3.8) is 0 Å². The minimum Gasteiger partial charge on any atom is -0.498 e. The van der Waals surface area contributed by atoms with Crippen LogP contribution >= 0.6 is 0 Å². The fourth-order valence-corrected chi connectivity index (χ4v) is 1.42. The molecule has 0 aromatic carbocycles. The molecule has 0 atom stereocenters. The lowest BCUT2D eigenvalue weighted by atomic mass is 10.2. The summed E-state index contributed by atoms with van der Waals surface area (Å²) in [7, 11) is 0. The molecule has 1 amide bonds. The van der Waals surface area contributed by atoms with Crippen LogP contribution in [0, 0.1) is 0 Å². The van der Waals surface area contributed by atoms with Crippen LogP contribution in [-0.2, 0) is 9.53 Å². The molecule has 0 unspecified atom stereocenters. The first-order chi connectivity index (χ1) is 8.20. The molecule has 1 N–H and O–H groups in total. The van der Waals surface area contributed by atoms with E-state index in [4.69, 9.17) is 4.74 Å². The number of hydrogen-bond donors (Lipinski definition) is 1. The van der Waals surface area contributed by atoms with Gasteiger partial charge >= 0.3 is 0 Å². The highest BCUT2D eigenvalue weighted by atomic mass is 16.5. The first-order valence-corrected chi connectivity index (χ1v) is 6.79. The number of rotatable bonds is 10. The number of amides is 1. The van der Waals surface area contributed by atoms with Crippen LogP contribution in [-0.4, -0.2) is 19.1 Å². The quantitative estimate of drug-likeness (QED) is 0.361. The molecule has 0 bridgehead atoms. The fourth-order valence-electron chi connectivity index (χ4n) is 1.42. The van der Waals surface area contributed by atoms with Crippen molar-refractivity contribution < 1.29 is 9.53 Å². The van der Waals surface area contributed by atoms with Gasteiger partial charge in [0.2, 0.25) is 5.91 Å². The van der Waals surface area contributed by atoms with Gasteiger partial charge < -0.3 is 10.1 Å². The SMILES string of the molecule is CCCCCCNC(=O)/C=C(\C)OCCCC. The monoisotopic (exact) mass is 241 g/mol. The highest BCUT2D eigenvalue weighted by Crippen LogP contribution is 1.99. The van der Waals surface area contributed by atoms with E-state index in [1.165, 1.54) is 25.3 Å². The highest BCUT2D eigenvalue weighted by Gasteiger charge is 1.98. The van der Waals surface area contributed by atoms with E-state index in [2.05, 4.69) is 19.2 Å². The maximum absolute atomic E-state index is 11.5. The smallest absolute Gasteiger partial charge is 0.247 e. The van der Waals surface area contributed by atoms with Crippen LogP contribution in [0.2, 0.25) is 0 Å². The Kier molecular flexibility index (Phi) is 10.8. The third kappa shape index (κ3) is 11.3. The molecule has 100 valence electrons. The number of carbonyl (C=O) groups excluding carboxylic acids is 1. The zero-order chi connectivity index (χ0) is 12.9. The summed E-state index contributed by atoms with van der Waals surface area (Å²) in [5.41, 5.74) is 0. The van der Waals surface area contributed by atoms with Gasteiger partial charge in [-0.1, -0.05) is 39.5 Å². The molecular weight excluding hydrogens is 214 g/mol. The number of carbonyl (C=O) groups is 1. The van der Waals surface area contributed by atoms with Gasteiger partial charge in [0, 0.05) is 12.6 Å². The lowest BCUT2D eigenvalue weighted by Gasteiger charge is -2.06. The number of allylic oxidation sites excluding steroid dienone is 1. The molecule has 0 aliphatic rings. The highest BCUT2D eigenvalue weighted by molar-refractivity contribution is 5.87. The van der Waals surface area contributed by atoms with Crippen molar-refractivity contribution in [1.29, 1.82) is 0 Å². The van der Waals surface area contributed by atoms with Crippen molar-refractivity contribution in [3.8, 4) is 0 Å². The number of ether oxygens (including phenoxy) is 1. The van der Waals surface area contributed by atoms with Crippen LogP contribution in [0.4, 0.5) is 0 Å². The van der Waals surface area contributed by atoms with Gasteiger partial charge in [0.1, 0.15) is 0 Å². The predicted molar refractivity (Wildman–Crippen MR) is 71.8 cm³/mol.